The number of esters is 1. The molecule has 0 atom stereocenters. The molecule has 1 fully saturated rings. The first-order valence-corrected chi connectivity index (χ1v) is 9.32. The van der Waals surface area contributed by atoms with Crippen LogP contribution in [0.1, 0.15) is 31.1 Å². The number of aliphatic imine (C=N–C) groups is 1. The zero-order valence-electron chi connectivity index (χ0n) is 16.5. The van der Waals surface area contributed by atoms with Crippen molar-refractivity contribution in [2.24, 2.45) is 10.9 Å². The Labute approximate surface area is 181 Å². The second-order valence-electron chi connectivity index (χ2n) is 6.75. The third-order valence-electron chi connectivity index (χ3n) is 5.03. The highest BCUT2D eigenvalue weighted by Crippen LogP contribution is 2.26. The summed E-state index contributed by atoms with van der Waals surface area (Å²) in [6.07, 6.45) is 1.50. The minimum absolute atomic E-state index is 0. The maximum Gasteiger partial charge on any atom is 0.308 e. The molecule has 0 saturated carbocycles. The Morgan fingerprint density at radius 3 is 2.75 bits per heavy atom. The molecule has 3 rings (SSSR count). The molecule has 0 unspecified atom stereocenters. The Morgan fingerprint density at radius 2 is 2.11 bits per heavy atom. The third kappa shape index (κ3) is 4.95. The van der Waals surface area contributed by atoms with Crippen LogP contribution in [0.2, 0.25) is 0 Å². The van der Waals surface area contributed by atoms with Crippen LogP contribution in [0, 0.1) is 18.7 Å². The van der Waals surface area contributed by atoms with E-state index in [0.29, 0.717) is 12.1 Å². The van der Waals surface area contributed by atoms with Crippen molar-refractivity contribution in [2.75, 3.05) is 26.7 Å². The van der Waals surface area contributed by atoms with Crippen LogP contribution in [0.3, 0.4) is 0 Å². The summed E-state index contributed by atoms with van der Waals surface area (Å²) in [5, 5.41) is 4.08. The predicted molar refractivity (Wildman–Crippen MR) is 117 cm³/mol. The first-order valence-electron chi connectivity index (χ1n) is 9.32. The van der Waals surface area contributed by atoms with Crippen LogP contribution in [0.4, 0.5) is 4.39 Å². The number of aryl methyl sites for hydroxylation is 1. The van der Waals surface area contributed by atoms with Crippen LogP contribution < -0.4 is 5.32 Å². The van der Waals surface area contributed by atoms with Gasteiger partial charge >= 0.3 is 5.97 Å². The molecule has 8 heteroatoms. The number of fused-ring (bicyclic) bond motifs is 1. The number of hydrogen-bond donors (Lipinski definition) is 1. The van der Waals surface area contributed by atoms with Gasteiger partial charge in [0, 0.05) is 30.6 Å². The van der Waals surface area contributed by atoms with Crippen LogP contribution in [0.5, 0.6) is 0 Å². The smallest absolute Gasteiger partial charge is 0.308 e. The van der Waals surface area contributed by atoms with E-state index in [1.807, 2.05) is 13.8 Å². The third-order valence-corrected chi connectivity index (χ3v) is 5.03. The van der Waals surface area contributed by atoms with E-state index in [2.05, 4.69) is 10.2 Å². The maximum absolute atomic E-state index is 13.5. The lowest BCUT2D eigenvalue weighted by molar-refractivity contribution is -0.146. The Kier molecular flexibility index (Phi) is 8.09. The number of likely N-dealkylation sites (tertiary alicyclic amines) is 1. The summed E-state index contributed by atoms with van der Waals surface area (Å²) in [4.78, 5) is 18.6. The highest BCUT2D eigenvalue weighted by atomic mass is 127. The summed E-state index contributed by atoms with van der Waals surface area (Å²) in [7, 11) is 1.43. The Hall–Kier alpha value is -1.84. The zero-order chi connectivity index (χ0) is 19.4. The van der Waals surface area contributed by atoms with Gasteiger partial charge in [0.05, 0.1) is 13.0 Å². The van der Waals surface area contributed by atoms with E-state index in [9.17, 15) is 9.18 Å². The maximum atomic E-state index is 13.5. The van der Waals surface area contributed by atoms with Gasteiger partial charge in [-0.3, -0.25) is 4.79 Å². The van der Waals surface area contributed by atoms with Crippen LogP contribution >= 0.6 is 24.0 Å². The second kappa shape index (κ2) is 10.1. The van der Waals surface area contributed by atoms with Crippen molar-refractivity contribution in [1.29, 1.82) is 0 Å². The number of hydrogen-bond acceptors (Lipinski definition) is 4. The first kappa shape index (κ1) is 22.4. The van der Waals surface area contributed by atoms with Crippen molar-refractivity contribution in [3.05, 3.63) is 35.3 Å². The number of furan rings is 1. The van der Waals surface area contributed by atoms with Gasteiger partial charge in [-0.05, 0) is 44.9 Å². The number of carbonyl (C=O) groups is 1. The van der Waals surface area contributed by atoms with E-state index in [1.54, 1.807) is 6.07 Å². The van der Waals surface area contributed by atoms with Crippen LogP contribution in [-0.4, -0.2) is 43.6 Å². The zero-order valence-corrected chi connectivity index (χ0v) is 18.8. The largest absolute Gasteiger partial charge is 0.469 e. The number of rotatable bonds is 4. The number of methoxy groups -OCH3 is 1. The molecule has 1 N–H and O–H groups in total. The van der Waals surface area contributed by atoms with Gasteiger partial charge in [-0.1, -0.05) is 0 Å². The van der Waals surface area contributed by atoms with Gasteiger partial charge in [0.15, 0.2) is 5.96 Å². The van der Waals surface area contributed by atoms with Crippen LogP contribution in [-0.2, 0) is 16.1 Å². The topological polar surface area (TPSA) is 67.1 Å². The number of benzene rings is 1. The minimum atomic E-state index is -0.275. The molecule has 0 radical (unpaired) electrons. The summed E-state index contributed by atoms with van der Waals surface area (Å²) in [6, 6.07) is 4.53. The quantitative estimate of drug-likeness (QED) is 0.297. The summed E-state index contributed by atoms with van der Waals surface area (Å²) in [5.74, 6) is 1.08. The molecular formula is C20H27FIN3O3. The molecule has 0 spiro atoms. The van der Waals surface area contributed by atoms with Gasteiger partial charge in [0.1, 0.15) is 23.7 Å². The van der Waals surface area contributed by atoms with Crippen molar-refractivity contribution in [3.8, 4) is 0 Å². The monoisotopic (exact) mass is 503 g/mol. The SMILES string of the molecule is CCNC(=NCc1oc2ccc(F)cc2c1C)N1CCC(C(=O)OC)CC1.I. The van der Waals surface area contributed by atoms with E-state index in [-0.39, 0.29) is 41.7 Å². The van der Waals surface area contributed by atoms with Crippen LogP contribution in [0.25, 0.3) is 11.0 Å². The highest BCUT2D eigenvalue weighted by Gasteiger charge is 2.27. The molecule has 1 aromatic heterocycles. The molecule has 1 aliphatic heterocycles. The van der Waals surface area contributed by atoms with E-state index in [4.69, 9.17) is 14.1 Å². The number of guanidine groups is 1. The van der Waals surface area contributed by atoms with Gasteiger partial charge < -0.3 is 19.4 Å². The number of nitrogens with zero attached hydrogens (tertiary/aromatic N) is 2. The van der Waals surface area contributed by atoms with E-state index < -0.39 is 0 Å². The molecule has 6 nitrogen and oxygen atoms in total. The molecule has 1 saturated heterocycles. The standard InChI is InChI=1S/C20H26FN3O3.HI/c1-4-22-20(24-9-7-14(8-10-24)19(25)26-3)23-12-18-13(2)16-11-15(21)5-6-17(16)27-18;/h5-6,11,14H,4,7-10,12H2,1-3H3,(H,22,23);1H. The van der Waals surface area contributed by atoms with Gasteiger partial charge in [-0.25, -0.2) is 9.38 Å². The summed E-state index contributed by atoms with van der Waals surface area (Å²) >= 11 is 0. The molecule has 0 aliphatic carbocycles. The van der Waals surface area contributed by atoms with Gasteiger partial charge in [0.2, 0.25) is 0 Å². The number of nitrogens with one attached hydrogen (secondary N) is 1. The molecule has 1 aliphatic rings. The molecule has 0 bridgehead atoms. The summed E-state index contributed by atoms with van der Waals surface area (Å²) < 4.78 is 24.2. The van der Waals surface area contributed by atoms with Gasteiger partial charge in [0.25, 0.3) is 0 Å². The molecule has 1 aromatic carbocycles. The summed E-state index contributed by atoms with van der Waals surface area (Å²) in [6.45, 7) is 6.56. The Balaban J connectivity index is 0.00000280. The lowest BCUT2D eigenvalue weighted by Gasteiger charge is -2.33. The number of carbonyl (C=O) groups excluding carboxylic acids is 1. The fourth-order valence-corrected chi connectivity index (χ4v) is 3.46. The van der Waals surface area contributed by atoms with Crippen LogP contribution in [0.15, 0.2) is 27.6 Å². The lowest BCUT2D eigenvalue weighted by Crippen LogP contribution is -2.46. The minimum Gasteiger partial charge on any atom is -0.469 e. The number of halogens is 2. The van der Waals surface area contributed by atoms with E-state index in [0.717, 1.165) is 55.1 Å². The van der Waals surface area contributed by atoms with Crippen molar-refractivity contribution in [2.45, 2.75) is 33.2 Å². The highest BCUT2D eigenvalue weighted by molar-refractivity contribution is 14.0. The summed E-state index contributed by atoms with van der Waals surface area (Å²) in [5.41, 5.74) is 1.58. The normalized spacial score (nSPS) is 15.4. The average molecular weight is 503 g/mol. The van der Waals surface area contributed by atoms with Crippen molar-refractivity contribution >= 4 is 46.9 Å². The molecular weight excluding hydrogens is 476 g/mol. The lowest BCUT2D eigenvalue weighted by atomic mass is 9.97. The fourth-order valence-electron chi connectivity index (χ4n) is 3.46. The molecule has 28 heavy (non-hydrogen) atoms. The van der Waals surface area contributed by atoms with Gasteiger partial charge in [-0.2, -0.15) is 0 Å². The fraction of sp³-hybridized carbons (Fsp3) is 0.500. The molecule has 154 valence electrons. The number of ether oxygens (including phenoxy) is 1. The molecule has 0 amide bonds. The Morgan fingerprint density at radius 1 is 1.39 bits per heavy atom. The Bertz CT molecular complexity index is 845. The predicted octanol–water partition coefficient (Wildman–Crippen LogP) is 3.85. The first-order chi connectivity index (χ1) is 13.0. The molecule has 2 heterocycles. The van der Waals surface area contributed by atoms with Crippen molar-refractivity contribution in [3.63, 3.8) is 0 Å². The van der Waals surface area contributed by atoms with E-state index >= 15 is 0 Å². The van der Waals surface area contributed by atoms with E-state index in [1.165, 1.54) is 19.2 Å². The van der Waals surface area contributed by atoms with Crippen molar-refractivity contribution in [1.82, 2.24) is 10.2 Å². The number of piperidine rings is 1. The van der Waals surface area contributed by atoms with Crippen molar-refractivity contribution < 1.29 is 18.3 Å². The second-order valence-corrected chi connectivity index (χ2v) is 6.75. The molecule has 2 aromatic rings. The van der Waals surface area contributed by atoms with Gasteiger partial charge in [-0.15, -0.1) is 24.0 Å². The average Bonchev–Trinajstić information content (AvgIpc) is 3.00.